The number of hydrogen-bond acceptors (Lipinski definition) is 6. The van der Waals surface area contributed by atoms with Crippen LogP contribution in [0.5, 0.6) is 0 Å². The first kappa shape index (κ1) is 16.7. The normalized spacial score (nSPS) is 10.7. The van der Waals surface area contributed by atoms with Crippen LogP contribution in [0, 0.1) is 10.1 Å². The topological polar surface area (TPSA) is 113 Å². The highest BCUT2D eigenvalue weighted by molar-refractivity contribution is 7.14. The van der Waals surface area contributed by atoms with Gasteiger partial charge in [-0.25, -0.2) is 4.98 Å². The summed E-state index contributed by atoms with van der Waals surface area (Å²) in [5, 5.41) is 13.9. The van der Waals surface area contributed by atoms with E-state index in [1.807, 2.05) is 35.7 Å². The van der Waals surface area contributed by atoms with Crippen LogP contribution in [-0.2, 0) is 0 Å². The van der Waals surface area contributed by atoms with E-state index in [1.54, 1.807) is 12.1 Å². The van der Waals surface area contributed by atoms with Gasteiger partial charge in [-0.2, -0.15) is 0 Å². The maximum absolute atomic E-state index is 12.3. The summed E-state index contributed by atoms with van der Waals surface area (Å²) in [6.45, 7) is 0. The number of benzene rings is 2. The number of H-pyrrole nitrogens is 1. The summed E-state index contributed by atoms with van der Waals surface area (Å²) in [5.41, 5.74) is 7.79. The van der Waals surface area contributed by atoms with Crippen LogP contribution in [0.3, 0.4) is 0 Å². The second-order valence-corrected chi connectivity index (χ2v) is 6.52. The third-order valence-electron chi connectivity index (χ3n) is 3.94. The van der Waals surface area contributed by atoms with Crippen molar-refractivity contribution < 1.29 is 9.72 Å². The minimum Gasteiger partial charge on any atom is -0.350 e. The predicted octanol–water partition coefficient (Wildman–Crippen LogP) is 3.96. The number of nitro groups is 1. The Balaban J connectivity index is 1.49. The molecule has 0 aliphatic heterocycles. The maximum Gasteiger partial charge on any atom is 0.286 e. The Hall–Kier alpha value is -3.72. The Morgan fingerprint density at radius 1 is 1.15 bits per heavy atom. The Morgan fingerprint density at radius 2 is 1.96 bits per heavy atom. The molecule has 4 aromatic rings. The first-order chi connectivity index (χ1) is 13.1. The van der Waals surface area contributed by atoms with E-state index in [0.29, 0.717) is 16.0 Å². The third-order valence-corrected chi connectivity index (χ3v) is 4.70. The molecule has 9 heteroatoms. The number of carbonyl (C=O) groups is 1. The molecule has 1 amide bonds. The SMILES string of the molecule is O=C(NNc1nc(-c2ccccc2)cs1)c1cc2c([N+](=O)[O-])cccc2[nH]1. The quantitative estimate of drug-likeness (QED) is 0.359. The van der Waals surface area contributed by atoms with Gasteiger partial charge in [-0.15, -0.1) is 11.3 Å². The number of fused-ring (bicyclic) bond motifs is 1. The number of aromatic nitrogens is 2. The second-order valence-electron chi connectivity index (χ2n) is 5.66. The number of rotatable bonds is 5. The largest absolute Gasteiger partial charge is 0.350 e. The molecule has 0 saturated heterocycles. The van der Waals surface area contributed by atoms with E-state index in [4.69, 9.17) is 0 Å². The van der Waals surface area contributed by atoms with Gasteiger partial charge in [-0.05, 0) is 12.1 Å². The van der Waals surface area contributed by atoms with Gasteiger partial charge in [0, 0.05) is 17.0 Å². The van der Waals surface area contributed by atoms with E-state index in [-0.39, 0.29) is 11.4 Å². The van der Waals surface area contributed by atoms with E-state index >= 15 is 0 Å². The number of hydrogen-bond donors (Lipinski definition) is 3. The molecule has 8 nitrogen and oxygen atoms in total. The molecule has 0 spiro atoms. The molecule has 2 aromatic heterocycles. The highest BCUT2D eigenvalue weighted by atomic mass is 32.1. The highest BCUT2D eigenvalue weighted by Crippen LogP contribution is 2.26. The van der Waals surface area contributed by atoms with Crippen LogP contribution in [0.25, 0.3) is 22.2 Å². The Bertz CT molecular complexity index is 1140. The van der Waals surface area contributed by atoms with Crippen molar-refractivity contribution in [3.8, 4) is 11.3 Å². The van der Waals surface area contributed by atoms with E-state index in [2.05, 4.69) is 20.8 Å². The molecule has 4 rings (SSSR count). The van der Waals surface area contributed by atoms with Crippen LogP contribution in [0.15, 0.2) is 60.0 Å². The van der Waals surface area contributed by atoms with E-state index < -0.39 is 10.8 Å². The van der Waals surface area contributed by atoms with E-state index in [9.17, 15) is 14.9 Å². The molecular weight excluding hydrogens is 366 g/mol. The second kappa shape index (κ2) is 6.89. The molecule has 0 unspecified atom stereocenters. The lowest BCUT2D eigenvalue weighted by atomic mass is 10.2. The summed E-state index contributed by atoms with van der Waals surface area (Å²) in [6, 6.07) is 15.8. The minimum atomic E-state index is -0.475. The van der Waals surface area contributed by atoms with Crippen molar-refractivity contribution in [2.24, 2.45) is 0 Å². The fourth-order valence-corrected chi connectivity index (χ4v) is 3.34. The molecule has 0 atom stereocenters. The monoisotopic (exact) mass is 379 g/mol. The van der Waals surface area contributed by atoms with Crippen molar-refractivity contribution in [2.75, 3.05) is 5.43 Å². The van der Waals surface area contributed by atoms with Gasteiger partial charge in [0.25, 0.3) is 11.6 Å². The maximum atomic E-state index is 12.3. The molecule has 0 radical (unpaired) electrons. The van der Waals surface area contributed by atoms with Gasteiger partial charge in [0.15, 0.2) is 0 Å². The lowest BCUT2D eigenvalue weighted by Gasteiger charge is -2.03. The van der Waals surface area contributed by atoms with Crippen molar-refractivity contribution in [1.82, 2.24) is 15.4 Å². The molecule has 0 aliphatic rings. The fourth-order valence-electron chi connectivity index (χ4n) is 2.67. The van der Waals surface area contributed by atoms with Crippen LogP contribution in [0.2, 0.25) is 0 Å². The minimum absolute atomic E-state index is 0.0526. The van der Waals surface area contributed by atoms with Gasteiger partial charge in [0.1, 0.15) is 5.69 Å². The van der Waals surface area contributed by atoms with Crippen LogP contribution < -0.4 is 10.9 Å². The average molecular weight is 379 g/mol. The molecule has 0 aliphatic carbocycles. The zero-order chi connectivity index (χ0) is 18.8. The molecule has 0 bridgehead atoms. The van der Waals surface area contributed by atoms with Gasteiger partial charge in [-0.1, -0.05) is 36.4 Å². The lowest BCUT2D eigenvalue weighted by Crippen LogP contribution is -2.29. The number of nitrogens with one attached hydrogen (secondary N) is 3. The Kier molecular flexibility index (Phi) is 4.27. The molecule has 3 N–H and O–H groups in total. The van der Waals surface area contributed by atoms with Crippen LogP contribution in [0.1, 0.15) is 10.5 Å². The summed E-state index contributed by atoms with van der Waals surface area (Å²) in [7, 11) is 0. The third kappa shape index (κ3) is 3.35. The highest BCUT2D eigenvalue weighted by Gasteiger charge is 2.17. The molecular formula is C18H13N5O3S. The average Bonchev–Trinajstić information content (AvgIpc) is 3.33. The van der Waals surface area contributed by atoms with E-state index in [0.717, 1.165) is 11.3 Å². The summed E-state index contributed by atoms with van der Waals surface area (Å²) >= 11 is 1.36. The molecule has 134 valence electrons. The molecule has 2 heterocycles. The number of anilines is 1. The van der Waals surface area contributed by atoms with Crippen LogP contribution >= 0.6 is 11.3 Å². The van der Waals surface area contributed by atoms with E-state index in [1.165, 1.54) is 23.5 Å². The first-order valence-electron chi connectivity index (χ1n) is 7.95. The smallest absolute Gasteiger partial charge is 0.286 e. The molecule has 0 saturated carbocycles. The Morgan fingerprint density at radius 3 is 2.74 bits per heavy atom. The molecule has 27 heavy (non-hydrogen) atoms. The van der Waals surface area contributed by atoms with Crippen LogP contribution in [-0.4, -0.2) is 20.8 Å². The number of carbonyl (C=O) groups excluding carboxylic acids is 1. The number of nitrogens with zero attached hydrogens (tertiary/aromatic N) is 2. The number of nitro benzene ring substituents is 1. The van der Waals surface area contributed by atoms with Gasteiger partial charge >= 0.3 is 0 Å². The summed E-state index contributed by atoms with van der Waals surface area (Å²) in [4.78, 5) is 30.3. The fraction of sp³-hybridized carbons (Fsp3) is 0. The van der Waals surface area contributed by atoms with Gasteiger partial charge in [0.05, 0.1) is 21.5 Å². The molecule has 0 fully saturated rings. The number of hydrazine groups is 1. The summed E-state index contributed by atoms with van der Waals surface area (Å²) < 4.78 is 0. The first-order valence-corrected chi connectivity index (χ1v) is 8.83. The lowest BCUT2D eigenvalue weighted by molar-refractivity contribution is -0.383. The number of amides is 1. The summed E-state index contributed by atoms with van der Waals surface area (Å²) in [5.74, 6) is -0.447. The van der Waals surface area contributed by atoms with Gasteiger partial charge in [-0.3, -0.25) is 25.8 Å². The van der Waals surface area contributed by atoms with Gasteiger partial charge in [0.2, 0.25) is 5.13 Å². The summed E-state index contributed by atoms with van der Waals surface area (Å²) in [6.07, 6.45) is 0. The van der Waals surface area contributed by atoms with Crippen molar-refractivity contribution >= 4 is 39.0 Å². The Labute approximate surface area is 157 Å². The molecule has 2 aromatic carbocycles. The van der Waals surface area contributed by atoms with Crippen molar-refractivity contribution in [2.45, 2.75) is 0 Å². The zero-order valence-electron chi connectivity index (χ0n) is 13.8. The van der Waals surface area contributed by atoms with Crippen molar-refractivity contribution in [3.63, 3.8) is 0 Å². The number of aromatic amines is 1. The zero-order valence-corrected chi connectivity index (χ0v) is 14.6. The standard InChI is InChI=1S/C18H13N5O3S/c24-17(14-9-12-13(19-14)7-4-8-16(12)23(25)26)21-22-18-20-15(10-27-18)11-5-2-1-3-6-11/h1-10,19H,(H,20,22)(H,21,24). The number of thiazole rings is 1. The van der Waals surface area contributed by atoms with Gasteiger partial charge < -0.3 is 4.98 Å². The van der Waals surface area contributed by atoms with Crippen LogP contribution in [0.4, 0.5) is 10.8 Å². The number of non-ortho nitro benzene ring substituents is 1. The predicted molar refractivity (Wildman–Crippen MR) is 104 cm³/mol. The van der Waals surface area contributed by atoms with Crippen molar-refractivity contribution in [3.05, 3.63) is 75.8 Å². The van der Waals surface area contributed by atoms with Crippen molar-refractivity contribution in [1.29, 1.82) is 0 Å².